The average Bonchev–Trinajstić information content (AvgIpc) is 3.36. The lowest BCUT2D eigenvalue weighted by atomic mass is 10.2. The fourth-order valence-electron chi connectivity index (χ4n) is 3.39. The number of aromatic nitrogens is 4. The van der Waals surface area contributed by atoms with Gasteiger partial charge >= 0.3 is 0 Å². The summed E-state index contributed by atoms with van der Waals surface area (Å²) in [6, 6.07) is 18.1. The van der Waals surface area contributed by atoms with E-state index in [0.717, 1.165) is 39.6 Å². The second-order valence-corrected chi connectivity index (χ2v) is 9.99. The topological polar surface area (TPSA) is 74.1 Å². The fourth-order valence-corrected chi connectivity index (χ4v) is 4.90. The number of benzene rings is 3. The summed E-state index contributed by atoms with van der Waals surface area (Å²) in [5.41, 5.74) is 2.26. The van der Waals surface area contributed by atoms with Crippen LogP contribution in [0.3, 0.4) is 0 Å². The lowest BCUT2D eigenvalue weighted by Crippen LogP contribution is -2.16. The van der Waals surface area contributed by atoms with E-state index in [1.165, 1.54) is 6.07 Å². The van der Waals surface area contributed by atoms with Crippen LogP contribution in [-0.4, -0.2) is 39.6 Å². The number of hydrogen-bond acceptors (Lipinski definition) is 7. The van der Waals surface area contributed by atoms with Crippen molar-refractivity contribution in [3.8, 4) is 17.2 Å². The summed E-state index contributed by atoms with van der Waals surface area (Å²) in [6.45, 7) is 1.46. The second-order valence-electron chi connectivity index (χ2n) is 7.67. The van der Waals surface area contributed by atoms with Gasteiger partial charge in [0.05, 0.1) is 17.8 Å². The van der Waals surface area contributed by atoms with E-state index >= 15 is 0 Å². The van der Waals surface area contributed by atoms with Crippen LogP contribution in [0.25, 0.3) is 5.69 Å². The molecular weight excluding hydrogens is 569 g/mol. The predicted molar refractivity (Wildman–Crippen MR) is 143 cm³/mol. The number of ether oxygens (including phenoxy) is 2. The molecule has 1 N–H and O–H groups in total. The third kappa shape index (κ3) is 6.76. The first-order chi connectivity index (χ1) is 17.6. The van der Waals surface area contributed by atoms with Gasteiger partial charge in [-0.3, -0.25) is 0 Å². The van der Waals surface area contributed by atoms with Crippen LogP contribution in [-0.2, 0) is 13.2 Å². The summed E-state index contributed by atoms with van der Waals surface area (Å²) >= 11 is 11.3. The summed E-state index contributed by atoms with van der Waals surface area (Å²) < 4.78 is 28.0. The lowest BCUT2D eigenvalue weighted by Gasteiger charge is -2.15. The highest BCUT2D eigenvalue weighted by atomic mass is 79.9. The molecule has 0 bridgehead atoms. The van der Waals surface area contributed by atoms with Crippen LogP contribution >= 0.6 is 39.3 Å². The minimum Gasteiger partial charge on any atom is -0.493 e. The maximum atomic E-state index is 14.1. The fraction of sp³-hybridized carbons (Fsp3) is 0.240. The van der Waals surface area contributed by atoms with Crippen LogP contribution < -0.4 is 14.8 Å². The molecule has 36 heavy (non-hydrogen) atoms. The van der Waals surface area contributed by atoms with E-state index in [2.05, 4.69) is 36.8 Å². The average molecular weight is 593 g/mol. The molecule has 3 aromatic carbocycles. The Hall–Kier alpha value is -2.66. The van der Waals surface area contributed by atoms with Gasteiger partial charge < -0.3 is 14.8 Å². The SMILES string of the molecule is COc1cc(CNCCCSc2nnnn2-c2ccccc2)c(Br)cc1OCc1c(F)cccc1Cl. The summed E-state index contributed by atoms with van der Waals surface area (Å²) in [5.74, 6) is 1.53. The molecule has 4 rings (SSSR count). The summed E-state index contributed by atoms with van der Waals surface area (Å²) in [5, 5.41) is 16.5. The number of nitrogens with one attached hydrogen (secondary N) is 1. The van der Waals surface area contributed by atoms with Gasteiger partial charge in [0, 0.05) is 22.3 Å². The Balaban J connectivity index is 1.26. The van der Waals surface area contributed by atoms with E-state index in [9.17, 15) is 4.39 Å². The largest absolute Gasteiger partial charge is 0.493 e. The Morgan fingerprint density at radius 3 is 2.72 bits per heavy atom. The highest BCUT2D eigenvalue weighted by molar-refractivity contribution is 9.10. The standard InChI is InChI=1S/C25H24BrClFN5O2S/c1-34-23-13-17(20(26)14-24(23)35-16-19-21(27)9-5-10-22(19)28)15-29-11-6-12-36-25-30-31-32-33(25)18-7-3-2-4-8-18/h2-5,7-10,13-14,29H,6,11-12,15-16H2,1H3. The number of nitrogens with zero attached hydrogens (tertiary/aromatic N) is 4. The number of rotatable bonds is 12. The molecule has 0 aliphatic heterocycles. The first-order valence-electron chi connectivity index (χ1n) is 11.2. The van der Waals surface area contributed by atoms with Crippen LogP contribution in [0.4, 0.5) is 4.39 Å². The van der Waals surface area contributed by atoms with Crippen molar-refractivity contribution in [1.82, 2.24) is 25.5 Å². The van der Waals surface area contributed by atoms with Crippen molar-refractivity contribution in [2.45, 2.75) is 24.7 Å². The predicted octanol–water partition coefficient (Wildman–Crippen LogP) is 6.08. The number of thioether (sulfide) groups is 1. The van der Waals surface area contributed by atoms with E-state index in [1.54, 1.807) is 35.7 Å². The molecule has 7 nitrogen and oxygen atoms in total. The Labute approximate surface area is 226 Å². The van der Waals surface area contributed by atoms with Crippen LogP contribution in [0.15, 0.2) is 70.3 Å². The first-order valence-corrected chi connectivity index (χ1v) is 13.3. The number of methoxy groups -OCH3 is 1. The quantitative estimate of drug-likeness (QED) is 0.158. The first kappa shape index (κ1) is 26.4. The molecule has 0 spiro atoms. The van der Waals surface area contributed by atoms with Gasteiger partial charge in [0.15, 0.2) is 11.5 Å². The van der Waals surface area contributed by atoms with Crippen LogP contribution in [0.2, 0.25) is 5.02 Å². The van der Waals surface area contributed by atoms with Crippen LogP contribution in [0.5, 0.6) is 11.5 Å². The molecule has 0 aliphatic carbocycles. The van der Waals surface area contributed by atoms with Crippen molar-refractivity contribution in [1.29, 1.82) is 0 Å². The molecule has 0 aliphatic rings. The zero-order valence-electron chi connectivity index (χ0n) is 19.5. The number of hydrogen-bond donors (Lipinski definition) is 1. The van der Waals surface area contributed by atoms with Gasteiger partial charge in [0.2, 0.25) is 5.16 Å². The van der Waals surface area contributed by atoms with Crippen molar-refractivity contribution in [2.75, 3.05) is 19.4 Å². The highest BCUT2D eigenvalue weighted by Crippen LogP contribution is 2.34. The van der Waals surface area contributed by atoms with E-state index in [1.807, 2.05) is 42.5 Å². The molecular formula is C25H24BrClFN5O2S. The molecule has 1 aromatic heterocycles. The molecule has 188 valence electrons. The second kappa shape index (κ2) is 13.0. The maximum absolute atomic E-state index is 14.1. The third-order valence-corrected chi connectivity index (χ3v) is 7.35. The summed E-state index contributed by atoms with van der Waals surface area (Å²) in [6.07, 6.45) is 0.936. The van der Waals surface area contributed by atoms with E-state index in [0.29, 0.717) is 28.6 Å². The molecule has 0 saturated heterocycles. The van der Waals surface area contributed by atoms with Gasteiger partial charge in [-0.2, -0.15) is 4.68 Å². The Kier molecular flexibility index (Phi) is 9.57. The smallest absolute Gasteiger partial charge is 0.214 e. The lowest BCUT2D eigenvalue weighted by molar-refractivity contribution is 0.279. The summed E-state index contributed by atoms with van der Waals surface area (Å²) in [7, 11) is 1.57. The minimum atomic E-state index is -0.406. The van der Waals surface area contributed by atoms with Gasteiger partial charge in [-0.1, -0.05) is 63.6 Å². The molecule has 0 amide bonds. The number of halogens is 3. The van der Waals surface area contributed by atoms with Gasteiger partial charge in [-0.05, 0) is 65.4 Å². The normalized spacial score (nSPS) is 11.0. The van der Waals surface area contributed by atoms with Crippen molar-refractivity contribution in [3.63, 3.8) is 0 Å². The molecule has 0 atom stereocenters. The zero-order valence-corrected chi connectivity index (χ0v) is 22.6. The molecule has 1 heterocycles. The van der Waals surface area contributed by atoms with E-state index in [4.69, 9.17) is 21.1 Å². The third-order valence-electron chi connectivity index (χ3n) is 5.25. The van der Waals surface area contributed by atoms with E-state index in [-0.39, 0.29) is 6.61 Å². The van der Waals surface area contributed by atoms with Crippen molar-refractivity contribution < 1.29 is 13.9 Å². The Bertz CT molecular complexity index is 1270. The Morgan fingerprint density at radius 2 is 1.94 bits per heavy atom. The Morgan fingerprint density at radius 1 is 1.11 bits per heavy atom. The van der Waals surface area contributed by atoms with Crippen molar-refractivity contribution in [3.05, 3.63) is 87.1 Å². The van der Waals surface area contributed by atoms with Gasteiger partial charge in [0.25, 0.3) is 0 Å². The number of para-hydroxylation sites is 1. The molecule has 0 saturated carbocycles. The minimum absolute atomic E-state index is 0.00285. The number of tetrazole rings is 1. The molecule has 0 radical (unpaired) electrons. The zero-order chi connectivity index (χ0) is 25.3. The molecule has 11 heteroatoms. The van der Waals surface area contributed by atoms with Gasteiger partial charge in [0.1, 0.15) is 12.4 Å². The highest BCUT2D eigenvalue weighted by Gasteiger charge is 2.14. The van der Waals surface area contributed by atoms with Crippen molar-refractivity contribution in [2.24, 2.45) is 0 Å². The van der Waals surface area contributed by atoms with Gasteiger partial charge in [-0.15, -0.1) is 5.10 Å². The van der Waals surface area contributed by atoms with Crippen molar-refractivity contribution >= 4 is 39.3 Å². The van der Waals surface area contributed by atoms with E-state index < -0.39 is 5.82 Å². The van der Waals surface area contributed by atoms with Crippen LogP contribution in [0.1, 0.15) is 17.5 Å². The maximum Gasteiger partial charge on any atom is 0.214 e. The van der Waals surface area contributed by atoms with Crippen LogP contribution in [0, 0.1) is 5.82 Å². The molecule has 0 fully saturated rings. The summed E-state index contributed by atoms with van der Waals surface area (Å²) in [4.78, 5) is 0. The molecule has 0 unspecified atom stereocenters. The molecule has 4 aromatic rings. The van der Waals surface area contributed by atoms with Gasteiger partial charge in [-0.25, -0.2) is 4.39 Å². The monoisotopic (exact) mass is 591 g/mol.